The van der Waals surface area contributed by atoms with E-state index in [-0.39, 0.29) is 41.7 Å². The minimum atomic E-state index is -0.365. The third kappa shape index (κ3) is 4.98. The molecule has 0 bridgehead atoms. The van der Waals surface area contributed by atoms with Gasteiger partial charge in [-0.05, 0) is 52.0 Å². The molecule has 31 heavy (non-hydrogen) atoms. The second-order valence-electron chi connectivity index (χ2n) is 8.16. The van der Waals surface area contributed by atoms with Gasteiger partial charge in [-0.3, -0.25) is 18.7 Å². The van der Waals surface area contributed by atoms with Crippen molar-refractivity contribution in [3.8, 4) is 5.75 Å². The Balaban J connectivity index is 1.69. The molecule has 1 saturated heterocycles. The Morgan fingerprint density at radius 1 is 0.968 bits per heavy atom. The molecule has 1 aliphatic heterocycles. The van der Waals surface area contributed by atoms with Crippen molar-refractivity contribution >= 4 is 11.7 Å². The zero-order chi connectivity index (χ0) is 22.7. The molecule has 9 heteroatoms. The van der Waals surface area contributed by atoms with E-state index >= 15 is 0 Å². The van der Waals surface area contributed by atoms with Gasteiger partial charge in [-0.15, -0.1) is 0 Å². The lowest BCUT2D eigenvalue weighted by Crippen LogP contribution is -2.52. The Kier molecular flexibility index (Phi) is 6.82. The molecule has 1 aromatic carbocycles. The molecule has 1 aromatic heterocycles. The Morgan fingerprint density at radius 3 is 2.10 bits per heavy atom. The van der Waals surface area contributed by atoms with Crippen LogP contribution in [0.25, 0.3) is 0 Å². The Hall–Kier alpha value is -3.10. The maximum atomic E-state index is 13.0. The average Bonchev–Trinajstić information content (AvgIpc) is 2.72. The minimum absolute atomic E-state index is 0.114. The van der Waals surface area contributed by atoms with Gasteiger partial charge in [-0.1, -0.05) is 0 Å². The van der Waals surface area contributed by atoms with E-state index < -0.39 is 0 Å². The van der Waals surface area contributed by atoms with Crippen LogP contribution in [-0.4, -0.2) is 52.7 Å². The van der Waals surface area contributed by atoms with Crippen LogP contribution in [0.1, 0.15) is 39.8 Å². The fourth-order valence-electron chi connectivity index (χ4n) is 3.71. The van der Waals surface area contributed by atoms with Crippen LogP contribution in [0, 0.1) is 5.82 Å². The van der Waals surface area contributed by atoms with Gasteiger partial charge >= 0.3 is 5.69 Å². The lowest BCUT2D eigenvalue weighted by molar-refractivity contribution is -0.133. The number of nitrogens with zero attached hydrogens (tertiary/aromatic N) is 4. The summed E-state index contributed by atoms with van der Waals surface area (Å²) in [7, 11) is 0. The van der Waals surface area contributed by atoms with Gasteiger partial charge in [0.05, 0.1) is 0 Å². The molecule has 1 fully saturated rings. The molecule has 0 aliphatic carbocycles. The summed E-state index contributed by atoms with van der Waals surface area (Å²) in [5, 5.41) is 0. The van der Waals surface area contributed by atoms with Crippen LogP contribution in [0.4, 0.5) is 10.2 Å². The quantitative estimate of drug-likeness (QED) is 0.698. The molecule has 168 valence electrons. The zero-order valence-electron chi connectivity index (χ0n) is 18.4. The zero-order valence-corrected chi connectivity index (χ0v) is 18.4. The number of carbonyl (C=O) groups is 1. The smallest absolute Gasteiger partial charge is 0.333 e. The van der Waals surface area contributed by atoms with Gasteiger partial charge in [0, 0.05) is 44.3 Å². The fraction of sp³-hybridized carbons (Fsp3) is 0.500. The standard InChI is InChI=1S/C22H29FN4O4/c1-15(2)26-19(13-20(28)27(16(3)4)22(26)30)24-9-11-25(12-10-24)21(29)14-31-18-7-5-17(23)6-8-18/h5-8,13,15-16H,9-12,14H2,1-4H3. The highest BCUT2D eigenvalue weighted by Gasteiger charge is 2.25. The average molecular weight is 432 g/mol. The van der Waals surface area contributed by atoms with Crippen molar-refractivity contribution in [2.45, 2.75) is 39.8 Å². The van der Waals surface area contributed by atoms with Gasteiger partial charge in [-0.25, -0.2) is 9.18 Å². The number of rotatable bonds is 6. The van der Waals surface area contributed by atoms with E-state index in [4.69, 9.17) is 4.74 Å². The molecule has 1 aliphatic rings. The van der Waals surface area contributed by atoms with Gasteiger partial charge in [0.2, 0.25) is 0 Å². The second-order valence-corrected chi connectivity index (χ2v) is 8.16. The highest BCUT2D eigenvalue weighted by Crippen LogP contribution is 2.18. The molecule has 0 radical (unpaired) electrons. The number of hydrogen-bond acceptors (Lipinski definition) is 5. The predicted molar refractivity (Wildman–Crippen MR) is 116 cm³/mol. The summed E-state index contributed by atoms with van der Waals surface area (Å²) in [5.74, 6) is 0.479. The van der Waals surface area contributed by atoms with E-state index in [2.05, 4.69) is 0 Å². The molecule has 1 amide bonds. The van der Waals surface area contributed by atoms with Gasteiger partial charge in [-0.2, -0.15) is 0 Å². The molecule has 8 nitrogen and oxygen atoms in total. The van der Waals surface area contributed by atoms with Crippen LogP contribution in [0.5, 0.6) is 5.75 Å². The van der Waals surface area contributed by atoms with Crippen LogP contribution in [-0.2, 0) is 4.79 Å². The van der Waals surface area contributed by atoms with Gasteiger partial charge in [0.15, 0.2) is 6.61 Å². The second kappa shape index (κ2) is 9.36. The van der Waals surface area contributed by atoms with Crippen LogP contribution in [0.15, 0.2) is 39.9 Å². The summed E-state index contributed by atoms with van der Waals surface area (Å²) in [4.78, 5) is 41.6. The van der Waals surface area contributed by atoms with E-state index in [9.17, 15) is 18.8 Å². The first-order valence-electron chi connectivity index (χ1n) is 10.5. The van der Waals surface area contributed by atoms with E-state index in [1.165, 1.54) is 34.9 Å². The van der Waals surface area contributed by atoms with Crippen molar-refractivity contribution in [1.29, 1.82) is 0 Å². The molecular formula is C22H29FN4O4. The largest absolute Gasteiger partial charge is 0.484 e. The Morgan fingerprint density at radius 2 is 1.55 bits per heavy atom. The van der Waals surface area contributed by atoms with Gasteiger partial charge in [0.25, 0.3) is 11.5 Å². The Bertz CT molecular complexity index is 1030. The van der Waals surface area contributed by atoms with E-state index in [1.807, 2.05) is 32.6 Å². The SMILES string of the molecule is CC(C)n1c(N2CCN(C(=O)COc3ccc(F)cc3)CC2)cc(=O)n(C(C)C)c1=O. The van der Waals surface area contributed by atoms with Crippen molar-refractivity contribution in [3.05, 3.63) is 57.0 Å². The first kappa shape index (κ1) is 22.6. The summed E-state index contributed by atoms with van der Waals surface area (Å²) in [6, 6.07) is 6.68. The number of anilines is 1. The molecule has 0 spiro atoms. The normalized spacial score (nSPS) is 14.4. The summed E-state index contributed by atoms with van der Waals surface area (Å²) < 4.78 is 21.3. The number of amides is 1. The molecule has 3 rings (SSSR count). The number of carbonyl (C=O) groups excluding carboxylic acids is 1. The van der Waals surface area contributed by atoms with Crippen LogP contribution in [0.2, 0.25) is 0 Å². The number of halogens is 1. The summed E-state index contributed by atoms with van der Waals surface area (Å²) in [6.45, 7) is 9.21. The van der Waals surface area contributed by atoms with Crippen LogP contribution < -0.4 is 20.9 Å². The Labute approximate surface area is 180 Å². The summed E-state index contributed by atoms with van der Waals surface area (Å²) in [6.07, 6.45) is 0. The van der Waals surface area contributed by atoms with E-state index in [1.54, 1.807) is 9.47 Å². The van der Waals surface area contributed by atoms with Crippen molar-refractivity contribution < 1.29 is 13.9 Å². The maximum absolute atomic E-state index is 13.0. The summed E-state index contributed by atoms with van der Waals surface area (Å²) in [5.41, 5.74) is -0.642. The van der Waals surface area contributed by atoms with Crippen molar-refractivity contribution in [3.63, 3.8) is 0 Å². The predicted octanol–water partition coefficient (Wildman–Crippen LogP) is 2.04. The molecular weight excluding hydrogens is 403 g/mol. The highest BCUT2D eigenvalue weighted by atomic mass is 19.1. The van der Waals surface area contributed by atoms with Crippen molar-refractivity contribution in [2.75, 3.05) is 37.7 Å². The van der Waals surface area contributed by atoms with E-state index in [0.717, 1.165) is 0 Å². The number of hydrogen-bond donors (Lipinski definition) is 0. The first-order chi connectivity index (χ1) is 14.7. The minimum Gasteiger partial charge on any atom is -0.484 e. The lowest BCUT2D eigenvalue weighted by atomic mass is 10.2. The molecule has 0 N–H and O–H groups in total. The molecule has 0 atom stereocenters. The first-order valence-corrected chi connectivity index (χ1v) is 10.5. The maximum Gasteiger partial charge on any atom is 0.333 e. The van der Waals surface area contributed by atoms with Gasteiger partial charge < -0.3 is 14.5 Å². The topological polar surface area (TPSA) is 76.8 Å². The molecule has 0 saturated carbocycles. The van der Waals surface area contributed by atoms with Crippen LogP contribution >= 0.6 is 0 Å². The number of piperazine rings is 1. The lowest BCUT2D eigenvalue weighted by Gasteiger charge is -2.37. The van der Waals surface area contributed by atoms with Crippen molar-refractivity contribution in [2.24, 2.45) is 0 Å². The monoisotopic (exact) mass is 432 g/mol. The highest BCUT2D eigenvalue weighted by molar-refractivity contribution is 5.78. The van der Waals surface area contributed by atoms with Crippen molar-refractivity contribution in [1.82, 2.24) is 14.0 Å². The molecule has 2 heterocycles. The van der Waals surface area contributed by atoms with Gasteiger partial charge in [0.1, 0.15) is 17.4 Å². The summed E-state index contributed by atoms with van der Waals surface area (Å²) >= 11 is 0. The third-order valence-electron chi connectivity index (χ3n) is 5.31. The number of ether oxygens (including phenoxy) is 1. The fourth-order valence-corrected chi connectivity index (χ4v) is 3.71. The van der Waals surface area contributed by atoms with Crippen LogP contribution in [0.3, 0.4) is 0 Å². The molecule has 0 unspecified atom stereocenters. The number of benzene rings is 1. The third-order valence-corrected chi connectivity index (χ3v) is 5.31. The molecule has 2 aromatic rings. The van der Waals surface area contributed by atoms with E-state index in [0.29, 0.717) is 37.7 Å². The number of aromatic nitrogens is 2.